The van der Waals surface area contributed by atoms with Gasteiger partial charge in [-0.15, -0.1) is 0 Å². The van der Waals surface area contributed by atoms with Gasteiger partial charge in [0.25, 0.3) is 0 Å². The summed E-state index contributed by atoms with van der Waals surface area (Å²) >= 11 is 1.92. The first kappa shape index (κ1) is 21.4. The molecule has 7 heteroatoms. The molecule has 1 saturated carbocycles. The monoisotopic (exact) mass is 428 g/mol. The average Bonchev–Trinajstić information content (AvgIpc) is 3.36. The summed E-state index contributed by atoms with van der Waals surface area (Å²) in [6, 6.07) is 10.0. The van der Waals surface area contributed by atoms with Gasteiger partial charge in [-0.1, -0.05) is 37.3 Å². The Balaban J connectivity index is 1.52. The summed E-state index contributed by atoms with van der Waals surface area (Å²) < 4.78 is 1.98. The van der Waals surface area contributed by atoms with E-state index in [1.807, 2.05) is 52.9 Å². The Morgan fingerprint density at radius 3 is 2.73 bits per heavy atom. The molecule has 2 fully saturated rings. The van der Waals surface area contributed by atoms with Gasteiger partial charge in [0.05, 0.1) is 23.4 Å². The summed E-state index contributed by atoms with van der Waals surface area (Å²) in [5, 5.41) is 14.7. The molecule has 2 atom stereocenters. The van der Waals surface area contributed by atoms with Gasteiger partial charge < -0.3 is 15.0 Å². The number of hydrogen-bond donors (Lipinski definition) is 2. The molecule has 30 heavy (non-hydrogen) atoms. The Morgan fingerprint density at radius 2 is 2.10 bits per heavy atom. The minimum Gasteiger partial charge on any atom is -0.389 e. The molecule has 1 aliphatic carbocycles. The number of nitrogens with zero attached hydrogens (tertiary/aromatic N) is 3. The van der Waals surface area contributed by atoms with Gasteiger partial charge in [0.1, 0.15) is 0 Å². The third-order valence-electron chi connectivity index (χ3n) is 6.58. The number of aliphatic hydroxyl groups excluding tert-OH is 1. The van der Waals surface area contributed by atoms with E-state index in [1.165, 1.54) is 0 Å². The van der Waals surface area contributed by atoms with Crippen LogP contribution in [0.2, 0.25) is 0 Å². The molecule has 1 amide bonds. The number of aromatic nitrogens is 2. The van der Waals surface area contributed by atoms with E-state index in [4.69, 9.17) is 0 Å². The van der Waals surface area contributed by atoms with Crippen LogP contribution < -0.4 is 5.32 Å². The molecular formula is C23H32N4O2S. The number of thioether (sulfide) groups is 1. The van der Waals surface area contributed by atoms with Crippen LogP contribution in [0, 0.1) is 5.41 Å². The van der Waals surface area contributed by atoms with E-state index in [9.17, 15) is 9.90 Å². The van der Waals surface area contributed by atoms with Crippen molar-refractivity contribution < 1.29 is 9.90 Å². The highest BCUT2D eigenvalue weighted by Gasteiger charge is 2.54. The number of carbonyl (C=O) groups excluding carboxylic acids is 1. The number of aliphatic hydroxyl groups is 1. The maximum absolute atomic E-state index is 13.5. The highest BCUT2D eigenvalue weighted by molar-refractivity contribution is 7.99. The average molecular weight is 429 g/mol. The number of β-amino-alcohol motifs (C(OH)–C–C–N with tert-alkyl or cyclic N) is 1. The zero-order valence-electron chi connectivity index (χ0n) is 17.7. The second-order valence-electron chi connectivity index (χ2n) is 8.57. The Kier molecular flexibility index (Phi) is 6.51. The number of nitrogens with one attached hydrogen (secondary N) is 1. The van der Waals surface area contributed by atoms with Gasteiger partial charge in [-0.2, -0.15) is 11.8 Å². The number of piperidine rings is 1. The van der Waals surface area contributed by atoms with Crippen LogP contribution in [0.1, 0.15) is 31.7 Å². The topological polar surface area (TPSA) is 70.4 Å². The highest BCUT2D eigenvalue weighted by Crippen LogP contribution is 2.48. The van der Waals surface area contributed by atoms with E-state index in [0.29, 0.717) is 19.5 Å². The molecule has 0 radical (unpaired) electrons. The minimum absolute atomic E-state index is 0.0501. The number of benzene rings is 1. The van der Waals surface area contributed by atoms with Crippen molar-refractivity contribution in [2.75, 3.05) is 31.1 Å². The Hall–Kier alpha value is -1.83. The zero-order chi connectivity index (χ0) is 21.0. The van der Waals surface area contributed by atoms with Gasteiger partial charge >= 0.3 is 0 Å². The Morgan fingerprint density at radius 1 is 1.30 bits per heavy atom. The molecule has 2 aliphatic rings. The quantitative estimate of drug-likeness (QED) is 0.601. The van der Waals surface area contributed by atoms with Crippen molar-refractivity contribution in [2.45, 2.75) is 44.4 Å². The molecule has 0 unspecified atom stereocenters. The molecule has 0 bridgehead atoms. The van der Waals surface area contributed by atoms with Gasteiger partial charge in [0.2, 0.25) is 5.91 Å². The lowest BCUT2D eigenvalue weighted by Crippen LogP contribution is -2.63. The summed E-state index contributed by atoms with van der Waals surface area (Å²) in [4.78, 5) is 19.9. The van der Waals surface area contributed by atoms with Crippen molar-refractivity contribution >= 4 is 17.7 Å². The molecule has 4 rings (SSSR count). The van der Waals surface area contributed by atoms with Crippen LogP contribution >= 0.6 is 11.8 Å². The van der Waals surface area contributed by atoms with E-state index in [0.717, 1.165) is 43.0 Å². The van der Waals surface area contributed by atoms with Gasteiger partial charge in [-0.05, 0) is 30.6 Å². The molecule has 1 saturated heterocycles. The number of amides is 1. The molecule has 6 nitrogen and oxygen atoms in total. The summed E-state index contributed by atoms with van der Waals surface area (Å²) in [6.07, 6.45) is 7.23. The number of likely N-dealkylation sites (tertiary alicyclic amines) is 1. The maximum atomic E-state index is 13.5. The van der Waals surface area contributed by atoms with Gasteiger partial charge in [-0.25, -0.2) is 4.98 Å². The number of hydrogen-bond acceptors (Lipinski definition) is 5. The van der Waals surface area contributed by atoms with Crippen molar-refractivity contribution in [1.29, 1.82) is 0 Å². The summed E-state index contributed by atoms with van der Waals surface area (Å²) in [5.41, 5.74) is -0.138. The van der Waals surface area contributed by atoms with Crippen molar-refractivity contribution in [1.82, 2.24) is 19.8 Å². The fourth-order valence-electron chi connectivity index (χ4n) is 4.50. The van der Waals surface area contributed by atoms with E-state index < -0.39 is 17.1 Å². The van der Waals surface area contributed by atoms with Crippen LogP contribution in [0.5, 0.6) is 0 Å². The second kappa shape index (κ2) is 9.12. The predicted octanol–water partition coefficient (Wildman–Crippen LogP) is 2.49. The van der Waals surface area contributed by atoms with Crippen LogP contribution in [-0.2, 0) is 16.9 Å². The normalized spacial score (nSPS) is 25.7. The molecular weight excluding hydrogens is 396 g/mol. The Bertz CT molecular complexity index is 825. The number of carbonyl (C=O) groups is 1. The van der Waals surface area contributed by atoms with Gasteiger partial charge in [-0.3, -0.25) is 9.69 Å². The molecule has 1 aromatic heterocycles. The molecule has 0 spiro atoms. The molecule has 2 heterocycles. The van der Waals surface area contributed by atoms with Crippen molar-refractivity contribution in [2.24, 2.45) is 5.41 Å². The summed E-state index contributed by atoms with van der Waals surface area (Å²) in [7, 11) is 0. The molecule has 1 aliphatic heterocycles. The van der Waals surface area contributed by atoms with Crippen LogP contribution in [-0.4, -0.2) is 62.7 Å². The zero-order valence-corrected chi connectivity index (χ0v) is 18.5. The Labute approximate surface area is 183 Å². The van der Waals surface area contributed by atoms with Crippen LogP contribution in [0.15, 0.2) is 49.1 Å². The summed E-state index contributed by atoms with van der Waals surface area (Å²) in [6.45, 7) is 5.22. The summed E-state index contributed by atoms with van der Waals surface area (Å²) in [5.74, 6) is 2.23. The molecule has 2 N–H and O–H groups in total. The third-order valence-corrected chi connectivity index (χ3v) is 7.46. The first-order valence-corrected chi connectivity index (χ1v) is 12.1. The van der Waals surface area contributed by atoms with Crippen molar-refractivity contribution in [3.05, 3.63) is 54.6 Å². The van der Waals surface area contributed by atoms with E-state index in [1.54, 1.807) is 12.5 Å². The molecule has 162 valence electrons. The van der Waals surface area contributed by atoms with E-state index in [-0.39, 0.29) is 5.91 Å². The first-order valence-electron chi connectivity index (χ1n) is 10.9. The highest BCUT2D eigenvalue weighted by atomic mass is 32.2. The van der Waals surface area contributed by atoms with Crippen LogP contribution in [0.3, 0.4) is 0 Å². The fourth-order valence-corrected chi connectivity index (χ4v) is 5.17. The third kappa shape index (κ3) is 4.43. The first-order chi connectivity index (χ1) is 14.6. The lowest BCUT2D eigenvalue weighted by molar-refractivity contribution is -0.132. The maximum Gasteiger partial charge on any atom is 0.228 e. The largest absolute Gasteiger partial charge is 0.389 e. The SMILES string of the molecule is CCSCCN1CC[C@@](NC(=O)C2(Cn3ccnc3)CC2)(c2ccccc2)[C@H](O)C1. The predicted molar refractivity (Wildman–Crippen MR) is 120 cm³/mol. The standard InChI is InChI=1S/C23H32N4O2S/c1-2-30-15-14-26-12-10-23(20(28)16-26,19-6-4-3-5-7-19)25-21(29)22(8-9-22)17-27-13-11-24-18-27/h3-7,11,13,18,20,28H,2,8-10,12,14-17H2,1H3,(H,25,29)/t20-,23-/m1/s1. The second-order valence-corrected chi connectivity index (χ2v) is 9.96. The van der Waals surface area contributed by atoms with Crippen LogP contribution in [0.4, 0.5) is 0 Å². The molecule has 1 aromatic carbocycles. The van der Waals surface area contributed by atoms with Crippen molar-refractivity contribution in [3.8, 4) is 0 Å². The lowest BCUT2D eigenvalue weighted by Gasteiger charge is -2.47. The smallest absolute Gasteiger partial charge is 0.228 e. The van der Waals surface area contributed by atoms with Gasteiger partial charge in [0.15, 0.2) is 0 Å². The van der Waals surface area contributed by atoms with E-state index in [2.05, 4.69) is 22.1 Å². The van der Waals surface area contributed by atoms with Gasteiger partial charge in [0, 0.05) is 44.3 Å². The minimum atomic E-state index is -0.739. The number of imidazole rings is 1. The van der Waals surface area contributed by atoms with Crippen LogP contribution in [0.25, 0.3) is 0 Å². The fraction of sp³-hybridized carbons (Fsp3) is 0.565. The van der Waals surface area contributed by atoms with Crippen molar-refractivity contribution in [3.63, 3.8) is 0 Å². The number of rotatable bonds is 9. The molecule has 2 aromatic rings. The lowest BCUT2D eigenvalue weighted by atomic mass is 9.78. The van der Waals surface area contributed by atoms with E-state index >= 15 is 0 Å².